The molecule has 0 fully saturated rings. The van der Waals surface area contributed by atoms with Crippen LogP contribution in [0.5, 0.6) is 0 Å². The molecule has 0 bridgehead atoms. The third kappa shape index (κ3) is 3.28. The molecular weight excluding hydrogens is 417 g/mol. The largest absolute Gasteiger partial charge is 0.330 e. The van der Waals surface area contributed by atoms with Crippen molar-refractivity contribution in [3.63, 3.8) is 0 Å². The normalized spacial score (nSPS) is 10.6. The summed E-state index contributed by atoms with van der Waals surface area (Å²) >= 11 is 2.24. The molecule has 24 heavy (non-hydrogen) atoms. The van der Waals surface area contributed by atoms with Crippen molar-refractivity contribution in [3.05, 3.63) is 79.5 Å². The zero-order valence-electron chi connectivity index (χ0n) is 13.3. The van der Waals surface area contributed by atoms with Crippen molar-refractivity contribution in [3.8, 4) is 5.69 Å². The molecule has 0 aliphatic heterocycles. The molecule has 0 spiro atoms. The highest BCUT2D eigenvalue weighted by atomic mass is 127. The lowest BCUT2D eigenvalue weighted by Gasteiger charge is -2.09. The summed E-state index contributed by atoms with van der Waals surface area (Å²) in [6, 6.07) is 12.8. The molecule has 2 N–H and O–H groups in total. The molecule has 0 saturated heterocycles. The number of amides is 1. The molecule has 1 amide bonds. The molecule has 0 saturated carbocycles. The summed E-state index contributed by atoms with van der Waals surface area (Å²) in [7, 11) is 0. The van der Waals surface area contributed by atoms with Gasteiger partial charge in [-0.1, -0.05) is 6.07 Å². The van der Waals surface area contributed by atoms with Crippen molar-refractivity contribution in [2.75, 3.05) is 5.32 Å². The van der Waals surface area contributed by atoms with Gasteiger partial charge in [-0.05, 0) is 78.4 Å². The summed E-state index contributed by atoms with van der Waals surface area (Å²) in [6.07, 6.45) is 1.65. The number of nitrogens with one attached hydrogen (secondary N) is 2. The SMILES string of the molecule is Cc1cc(C(=O)Nc2cccc(-n3c(C)c[nH]c3=O)c2)ccc1I. The van der Waals surface area contributed by atoms with Crippen LogP contribution in [0.15, 0.2) is 53.5 Å². The van der Waals surface area contributed by atoms with Crippen LogP contribution in [-0.2, 0) is 0 Å². The highest BCUT2D eigenvalue weighted by molar-refractivity contribution is 14.1. The number of halogens is 1. The maximum atomic E-state index is 12.4. The minimum atomic E-state index is -0.204. The molecule has 3 rings (SSSR count). The van der Waals surface area contributed by atoms with E-state index in [1.165, 1.54) is 0 Å². The second kappa shape index (κ2) is 6.64. The number of aryl methyl sites for hydroxylation is 2. The second-order valence-electron chi connectivity index (χ2n) is 5.54. The van der Waals surface area contributed by atoms with E-state index in [9.17, 15) is 9.59 Å². The van der Waals surface area contributed by atoms with E-state index in [1.807, 2.05) is 38.1 Å². The summed E-state index contributed by atoms with van der Waals surface area (Å²) in [5, 5.41) is 2.88. The molecule has 0 radical (unpaired) electrons. The Kier molecular flexibility index (Phi) is 4.57. The zero-order chi connectivity index (χ0) is 17.3. The quantitative estimate of drug-likeness (QED) is 0.620. The Morgan fingerprint density at radius 1 is 1.17 bits per heavy atom. The van der Waals surface area contributed by atoms with Crippen molar-refractivity contribution in [1.82, 2.24) is 9.55 Å². The molecule has 1 aromatic heterocycles. The monoisotopic (exact) mass is 433 g/mol. The Morgan fingerprint density at radius 3 is 2.62 bits per heavy atom. The topological polar surface area (TPSA) is 66.9 Å². The lowest BCUT2D eigenvalue weighted by atomic mass is 10.1. The number of benzene rings is 2. The summed E-state index contributed by atoms with van der Waals surface area (Å²) in [5.74, 6) is -0.176. The Balaban J connectivity index is 1.88. The van der Waals surface area contributed by atoms with Gasteiger partial charge in [0.2, 0.25) is 0 Å². The molecule has 2 aromatic carbocycles. The summed E-state index contributed by atoms with van der Waals surface area (Å²) in [4.78, 5) is 27.0. The molecule has 6 heteroatoms. The summed E-state index contributed by atoms with van der Waals surface area (Å²) < 4.78 is 2.68. The number of carbonyl (C=O) groups excluding carboxylic acids is 1. The van der Waals surface area contributed by atoms with Crippen LogP contribution in [0.1, 0.15) is 21.6 Å². The number of hydrogen-bond donors (Lipinski definition) is 2. The highest BCUT2D eigenvalue weighted by Gasteiger charge is 2.09. The van der Waals surface area contributed by atoms with Gasteiger partial charge in [0.15, 0.2) is 0 Å². The van der Waals surface area contributed by atoms with Gasteiger partial charge in [0, 0.05) is 26.7 Å². The molecule has 3 aromatic rings. The number of H-pyrrole nitrogens is 1. The molecule has 0 aliphatic rings. The minimum absolute atomic E-state index is 0.176. The van der Waals surface area contributed by atoms with Gasteiger partial charge in [-0.25, -0.2) is 4.79 Å². The predicted octanol–water partition coefficient (Wildman–Crippen LogP) is 3.64. The zero-order valence-corrected chi connectivity index (χ0v) is 15.4. The molecular formula is C18H16IN3O2. The smallest absolute Gasteiger partial charge is 0.322 e. The number of aromatic amines is 1. The van der Waals surface area contributed by atoms with E-state index in [2.05, 4.69) is 32.9 Å². The van der Waals surface area contributed by atoms with Gasteiger partial charge in [0.1, 0.15) is 0 Å². The fourth-order valence-electron chi connectivity index (χ4n) is 2.49. The van der Waals surface area contributed by atoms with Crippen molar-refractivity contribution >= 4 is 34.2 Å². The first kappa shape index (κ1) is 16.5. The maximum absolute atomic E-state index is 12.4. The van der Waals surface area contributed by atoms with E-state index in [0.717, 1.165) is 14.8 Å². The van der Waals surface area contributed by atoms with Crippen LogP contribution < -0.4 is 11.0 Å². The van der Waals surface area contributed by atoms with Crippen molar-refractivity contribution in [2.24, 2.45) is 0 Å². The molecule has 0 aliphatic carbocycles. The Bertz CT molecular complexity index is 972. The van der Waals surface area contributed by atoms with Gasteiger partial charge >= 0.3 is 5.69 Å². The van der Waals surface area contributed by atoms with E-state index >= 15 is 0 Å². The van der Waals surface area contributed by atoms with E-state index in [-0.39, 0.29) is 11.6 Å². The molecule has 0 unspecified atom stereocenters. The van der Waals surface area contributed by atoms with Gasteiger partial charge in [-0.3, -0.25) is 9.36 Å². The van der Waals surface area contributed by atoms with Gasteiger partial charge in [0.25, 0.3) is 5.91 Å². The van der Waals surface area contributed by atoms with Crippen LogP contribution in [0.25, 0.3) is 5.69 Å². The average molecular weight is 433 g/mol. The Hall–Kier alpha value is -2.35. The van der Waals surface area contributed by atoms with E-state index in [1.54, 1.807) is 29.0 Å². The third-order valence-electron chi connectivity index (χ3n) is 3.74. The van der Waals surface area contributed by atoms with Gasteiger partial charge < -0.3 is 10.3 Å². The highest BCUT2D eigenvalue weighted by Crippen LogP contribution is 2.17. The standard InChI is InChI=1S/C18H16IN3O2/c1-11-8-13(6-7-16(11)19)17(23)21-14-4-3-5-15(9-14)22-12(2)10-20-18(22)24/h3-10H,1-2H3,(H,20,24)(H,21,23). The van der Waals surface area contributed by atoms with Crippen LogP contribution in [-0.4, -0.2) is 15.5 Å². The van der Waals surface area contributed by atoms with Crippen LogP contribution in [0.4, 0.5) is 5.69 Å². The molecule has 122 valence electrons. The van der Waals surface area contributed by atoms with E-state index in [4.69, 9.17) is 0 Å². The Morgan fingerprint density at radius 2 is 1.96 bits per heavy atom. The first-order valence-electron chi connectivity index (χ1n) is 7.40. The van der Waals surface area contributed by atoms with Crippen LogP contribution in [0.2, 0.25) is 0 Å². The lowest BCUT2D eigenvalue weighted by molar-refractivity contribution is 0.102. The Labute approximate surface area is 152 Å². The lowest BCUT2D eigenvalue weighted by Crippen LogP contribution is -2.17. The third-order valence-corrected chi connectivity index (χ3v) is 4.95. The average Bonchev–Trinajstić information content (AvgIpc) is 2.89. The second-order valence-corrected chi connectivity index (χ2v) is 6.70. The number of imidazole rings is 1. The van der Waals surface area contributed by atoms with Crippen LogP contribution >= 0.6 is 22.6 Å². The predicted molar refractivity (Wildman–Crippen MR) is 103 cm³/mol. The maximum Gasteiger partial charge on any atom is 0.330 e. The number of anilines is 1. The summed E-state index contributed by atoms with van der Waals surface area (Å²) in [6.45, 7) is 3.82. The van der Waals surface area contributed by atoms with Crippen LogP contribution in [0, 0.1) is 17.4 Å². The van der Waals surface area contributed by atoms with Crippen molar-refractivity contribution in [2.45, 2.75) is 13.8 Å². The minimum Gasteiger partial charge on any atom is -0.322 e. The number of aromatic nitrogens is 2. The van der Waals surface area contributed by atoms with Gasteiger partial charge in [-0.2, -0.15) is 0 Å². The molecule has 5 nitrogen and oxygen atoms in total. The van der Waals surface area contributed by atoms with Crippen molar-refractivity contribution < 1.29 is 4.79 Å². The van der Waals surface area contributed by atoms with Crippen molar-refractivity contribution in [1.29, 1.82) is 0 Å². The fraction of sp³-hybridized carbons (Fsp3) is 0.111. The summed E-state index contributed by atoms with van der Waals surface area (Å²) in [5.41, 5.74) is 3.61. The number of nitrogens with zero attached hydrogens (tertiary/aromatic N) is 1. The number of carbonyl (C=O) groups is 1. The first-order chi connectivity index (χ1) is 11.5. The van der Waals surface area contributed by atoms with Crippen LogP contribution in [0.3, 0.4) is 0 Å². The van der Waals surface area contributed by atoms with E-state index in [0.29, 0.717) is 16.9 Å². The molecule has 0 atom stereocenters. The number of hydrogen-bond acceptors (Lipinski definition) is 2. The molecule has 1 heterocycles. The number of rotatable bonds is 3. The van der Waals surface area contributed by atoms with Gasteiger partial charge in [0.05, 0.1) is 5.69 Å². The fourth-order valence-corrected chi connectivity index (χ4v) is 2.82. The first-order valence-corrected chi connectivity index (χ1v) is 8.48. The van der Waals surface area contributed by atoms with Gasteiger partial charge in [-0.15, -0.1) is 0 Å². The van der Waals surface area contributed by atoms with E-state index < -0.39 is 0 Å².